The number of amides is 2. The molecule has 1 fully saturated rings. The van der Waals surface area contributed by atoms with Gasteiger partial charge in [-0.25, -0.2) is 19.0 Å². The Morgan fingerprint density at radius 3 is 2.39 bits per heavy atom. The van der Waals surface area contributed by atoms with Crippen molar-refractivity contribution in [3.63, 3.8) is 0 Å². The molecule has 0 aliphatic carbocycles. The van der Waals surface area contributed by atoms with E-state index in [1.54, 1.807) is 41.4 Å². The topological polar surface area (TPSA) is 74.2 Å². The second-order valence-electron chi connectivity index (χ2n) is 7.78. The lowest BCUT2D eigenvalue weighted by atomic mass is 10.0. The Bertz CT molecular complexity index is 1280. The van der Waals surface area contributed by atoms with E-state index >= 15 is 0 Å². The van der Waals surface area contributed by atoms with E-state index in [1.165, 1.54) is 6.07 Å². The van der Waals surface area contributed by atoms with Crippen molar-refractivity contribution in [3.8, 4) is 0 Å². The molecule has 2 aliphatic rings. The molecule has 2 aliphatic heterocycles. The average Bonchev–Trinajstić information content (AvgIpc) is 3.20. The van der Waals surface area contributed by atoms with Crippen molar-refractivity contribution in [1.29, 1.82) is 0 Å². The number of benzene rings is 3. The number of urea groups is 1. The Morgan fingerprint density at radius 2 is 1.64 bits per heavy atom. The predicted octanol–water partition coefficient (Wildman–Crippen LogP) is 3.97. The number of hydrogen-bond acceptors (Lipinski definition) is 5. The number of hydrogen-bond donors (Lipinski definition) is 1. The third-order valence-electron chi connectivity index (χ3n) is 5.65. The minimum atomic E-state index is -0.553. The van der Waals surface area contributed by atoms with Crippen LogP contribution in [0.5, 0.6) is 0 Å². The number of cyclic esters (lactones) is 1. The minimum absolute atomic E-state index is 0.155. The number of nitrogens with one attached hydrogen (secondary N) is 1. The van der Waals surface area contributed by atoms with Gasteiger partial charge in [0.1, 0.15) is 5.82 Å². The summed E-state index contributed by atoms with van der Waals surface area (Å²) in [5.74, 6) is -0.741. The predicted molar refractivity (Wildman–Crippen MR) is 123 cm³/mol. The normalized spacial score (nSPS) is 17.3. The van der Waals surface area contributed by atoms with Gasteiger partial charge in [-0.15, -0.1) is 0 Å². The number of fused-ring (bicyclic) bond motifs is 1. The number of carbonyl (C=O) groups is 2. The molecule has 2 heterocycles. The lowest BCUT2D eigenvalue weighted by molar-refractivity contribution is -0.130. The van der Waals surface area contributed by atoms with E-state index in [2.05, 4.69) is 10.3 Å². The fourth-order valence-electron chi connectivity index (χ4n) is 3.91. The second kappa shape index (κ2) is 8.74. The van der Waals surface area contributed by atoms with Gasteiger partial charge in [0.2, 0.25) is 5.90 Å². The first-order valence-electron chi connectivity index (χ1n) is 10.6. The van der Waals surface area contributed by atoms with Gasteiger partial charge in [0.05, 0.1) is 0 Å². The number of rotatable bonds is 3. The molecule has 33 heavy (non-hydrogen) atoms. The summed E-state index contributed by atoms with van der Waals surface area (Å²) in [7, 11) is 0. The standard InChI is InChI=1S/C25H21FN4O3/c26-21-11-10-20(18-8-4-5-9-19(18)21)23-28-22(24(31)33-23)16-29-12-14-30(15-13-29)25(32)27-17-6-2-1-3-7-17/h1-11,16H,12-15H2,(H,27,32). The first-order valence-corrected chi connectivity index (χ1v) is 10.6. The first-order chi connectivity index (χ1) is 16.1. The molecule has 0 aromatic heterocycles. The molecule has 3 aromatic rings. The Kier molecular flexibility index (Phi) is 5.48. The first kappa shape index (κ1) is 20.7. The monoisotopic (exact) mass is 444 g/mol. The number of ether oxygens (including phenoxy) is 1. The minimum Gasteiger partial charge on any atom is -0.402 e. The highest BCUT2D eigenvalue weighted by Gasteiger charge is 2.28. The van der Waals surface area contributed by atoms with Crippen LogP contribution in [0.2, 0.25) is 0 Å². The molecule has 0 bridgehead atoms. The second-order valence-corrected chi connectivity index (χ2v) is 7.78. The highest BCUT2D eigenvalue weighted by atomic mass is 19.1. The van der Waals surface area contributed by atoms with Crippen LogP contribution < -0.4 is 5.32 Å². The summed E-state index contributed by atoms with van der Waals surface area (Å²) in [6.45, 7) is 2.14. The van der Waals surface area contributed by atoms with E-state index in [0.717, 1.165) is 5.69 Å². The summed E-state index contributed by atoms with van der Waals surface area (Å²) in [6.07, 6.45) is 1.66. The zero-order valence-electron chi connectivity index (χ0n) is 17.7. The fourth-order valence-corrected chi connectivity index (χ4v) is 3.91. The van der Waals surface area contributed by atoms with E-state index in [0.29, 0.717) is 42.5 Å². The van der Waals surface area contributed by atoms with Gasteiger partial charge in [0.15, 0.2) is 5.70 Å². The van der Waals surface area contributed by atoms with Crippen molar-refractivity contribution in [3.05, 3.63) is 90.0 Å². The van der Waals surface area contributed by atoms with E-state index in [4.69, 9.17) is 4.74 Å². The van der Waals surface area contributed by atoms with Crippen LogP contribution in [0.25, 0.3) is 10.8 Å². The van der Waals surface area contributed by atoms with E-state index in [1.807, 2.05) is 35.2 Å². The van der Waals surface area contributed by atoms with Gasteiger partial charge in [0.25, 0.3) is 0 Å². The molecule has 0 atom stereocenters. The molecule has 1 N–H and O–H groups in total. The van der Waals surface area contributed by atoms with Gasteiger partial charge in [0, 0.05) is 49.0 Å². The third-order valence-corrected chi connectivity index (χ3v) is 5.65. The molecule has 0 radical (unpaired) electrons. The third kappa shape index (κ3) is 4.27. The van der Waals surface area contributed by atoms with Crippen LogP contribution >= 0.6 is 0 Å². The van der Waals surface area contributed by atoms with Crippen LogP contribution in [0, 0.1) is 5.82 Å². The van der Waals surface area contributed by atoms with Gasteiger partial charge < -0.3 is 19.9 Å². The smallest absolute Gasteiger partial charge is 0.365 e. The molecule has 8 heteroatoms. The number of halogens is 1. The number of aliphatic imine (C=N–C) groups is 1. The largest absolute Gasteiger partial charge is 0.402 e. The molecule has 5 rings (SSSR count). The Morgan fingerprint density at radius 1 is 0.939 bits per heavy atom. The van der Waals surface area contributed by atoms with Gasteiger partial charge in [-0.05, 0) is 29.7 Å². The molecule has 0 spiro atoms. The van der Waals surface area contributed by atoms with Crippen molar-refractivity contribution >= 4 is 34.4 Å². The SMILES string of the molecule is O=C1OC(c2ccc(F)c3ccccc23)=NC1=CN1CCN(C(=O)Nc2ccccc2)CC1. The van der Waals surface area contributed by atoms with Crippen LogP contribution in [0.1, 0.15) is 5.56 Å². The molecule has 166 valence electrons. The van der Waals surface area contributed by atoms with Crippen LogP contribution in [0.4, 0.5) is 14.9 Å². The van der Waals surface area contributed by atoms with E-state index < -0.39 is 5.97 Å². The number of para-hydroxylation sites is 1. The van der Waals surface area contributed by atoms with Gasteiger partial charge in [-0.3, -0.25) is 0 Å². The maximum Gasteiger partial charge on any atom is 0.365 e. The lowest BCUT2D eigenvalue weighted by Gasteiger charge is -2.34. The number of piperazine rings is 1. The maximum absolute atomic E-state index is 14.1. The van der Waals surface area contributed by atoms with Gasteiger partial charge in [-0.1, -0.05) is 42.5 Å². The average molecular weight is 444 g/mol. The molecular weight excluding hydrogens is 423 g/mol. The zero-order valence-corrected chi connectivity index (χ0v) is 17.7. The fraction of sp³-hybridized carbons (Fsp3) is 0.160. The summed E-state index contributed by atoms with van der Waals surface area (Å²) in [5, 5.41) is 3.95. The lowest BCUT2D eigenvalue weighted by Crippen LogP contribution is -2.48. The summed E-state index contributed by atoms with van der Waals surface area (Å²) in [4.78, 5) is 32.9. The molecule has 0 saturated carbocycles. The Balaban J connectivity index is 1.28. The Labute approximate surface area is 189 Å². The molecular formula is C25H21FN4O3. The number of anilines is 1. The van der Waals surface area contributed by atoms with Crippen LogP contribution in [0.15, 0.2) is 83.6 Å². The molecule has 7 nitrogen and oxygen atoms in total. The van der Waals surface area contributed by atoms with E-state index in [-0.39, 0.29) is 23.4 Å². The number of nitrogens with zero attached hydrogens (tertiary/aromatic N) is 3. The zero-order chi connectivity index (χ0) is 22.8. The van der Waals surface area contributed by atoms with Gasteiger partial charge in [-0.2, -0.15) is 0 Å². The highest BCUT2D eigenvalue weighted by molar-refractivity contribution is 6.16. The van der Waals surface area contributed by atoms with Crippen molar-refractivity contribution in [1.82, 2.24) is 9.80 Å². The Hall–Kier alpha value is -4.20. The van der Waals surface area contributed by atoms with Gasteiger partial charge >= 0.3 is 12.0 Å². The molecule has 2 amide bonds. The number of carbonyl (C=O) groups excluding carboxylic acids is 2. The van der Waals surface area contributed by atoms with Crippen molar-refractivity contribution < 1.29 is 18.7 Å². The van der Waals surface area contributed by atoms with Crippen LogP contribution in [-0.2, 0) is 9.53 Å². The van der Waals surface area contributed by atoms with Crippen molar-refractivity contribution in [2.45, 2.75) is 0 Å². The molecule has 1 saturated heterocycles. The summed E-state index contributed by atoms with van der Waals surface area (Å²) < 4.78 is 19.5. The highest BCUT2D eigenvalue weighted by Crippen LogP contribution is 2.26. The molecule has 3 aromatic carbocycles. The van der Waals surface area contributed by atoms with E-state index in [9.17, 15) is 14.0 Å². The summed E-state index contributed by atoms with van der Waals surface area (Å²) in [6, 6.07) is 19.0. The summed E-state index contributed by atoms with van der Waals surface area (Å²) in [5.41, 5.74) is 1.49. The maximum atomic E-state index is 14.1. The van der Waals surface area contributed by atoms with Crippen LogP contribution in [-0.4, -0.2) is 53.9 Å². The van der Waals surface area contributed by atoms with Crippen molar-refractivity contribution in [2.24, 2.45) is 4.99 Å². The van der Waals surface area contributed by atoms with Crippen molar-refractivity contribution in [2.75, 3.05) is 31.5 Å². The molecule has 0 unspecified atom stereocenters. The quantitative estimate of drug-likeness (QED) is 0.490. The summed E-state index contributed by atoms with van der Waals surface area (Å²) >= 11 is 0. The van der Waals surface area contributed by atoms with Crippen LogP contribution in [0.3, 0.4) is 0 Å². The number of esters is 1.